The van der Waals surface area contributed by atoms with Crippen LogP contribution in [0.1, 0.15) is 22.0 Å². The largest absolute Gasteiger partial charge is 0.398 e. The Morgan fingerprint density at radius 2 is 1.95 bits per heavy atom. The van der Waals surface area contributed by atoms with Gasteiger partial charge in [0.05, 0.1) is 0 Å². The minimum atomic E-state index is 0. The number of nitrogens with two attached hydrogens (primary N) is 1. The minimum Gasteiger partial charge on any atom is -0.398 e. The molecule has 1 aromatic carbocycles. The standard InChI is InChI=1S/C14H16Br2N2S.2ClH/c1-8-3-4-19-14(8)12(18-2)6-9-5-10(15)7-11(16)13(9)17;;/h3-5,7,12,18H,6,17H2,1-2H3;2*1H. The zero-order valence-corrected chi connectivity index (χ0v) is 17.3. The van der Waals surface area contributed by atoms with E-state index >= 15 is 0 Å². The first-order valence-electron chi connectivity index (χ1n) is 5.97. The van der Waals surface area contributed by atoms with Gasteiger partial charge in [0, 0.05) is 25.6 Å². The first kappa shape index (κ1) is 21.2. The highest BCUT2D eigenvalue weighted by Crippen LogP contribution is 2.33. The predicted octanol–water partition coefficient (Wildman–Crippen LogP) is 5.51. The molecule has 3 N–H and O–H groups in total. The van der Waals surface area contributed by atoms with Gasteiger partial charge in [-0.25, -0.2) is 0 Å². The summed E-state index contributed by atoms with van der Waals surface area (Å²) in [7, 11) is 1.99. The molecule has 0 amide bonds. The molecule has 0 bridgehead atoms. The molecule has 2 nitrogen and oxygen atoms in total. The second kappa shape index (κ2) is 9.38. The normalized spacial score (nSPS) is 11.4. The molecule has 1 unspecified atom stereocenters. The van der Waals surface area contributed by atoms with Gasteiger partial charge in [-0.15, -0.1) is 36.2 Å². The van der Waals surface area contributed by atoms with Gasteiger partial charge in [0.2, 0.25) is 0 Å². The maximum absolute atomic E-state index is 6.15. The van der Waals surface area contributed by atoms with Crippen LogP contribution in [-0.4, -0.2) is 7.05 Å². The highest BCUT2D eigenvalue weighted by atomic mass is 79.9. The first-order chi connectivity index (χ1) is 9.02. The van der Waals surface area contributed by atoms with Crippen LogP contribution in [0.4, 0.5) is 5.69 Å². The SMILES string of the molecule is CNC(Cc1cc(Br)cc(Br)c1N)c1sccc1C.Cl.Cl. The van der Waals surface area contributed by atoms with Gasteiger partial charge in [0.25, 0.3) is 0 Å². The zero-order chi connectivity index (χ0) is 14.0. The molecular formula is C14H18Br2Cl2N2S. The Morgan fingerprint density at radius 1 is 1.29 bits per heavy atom. The number of likely N-dealkylation sites (N-methyl/N-ethyl adjacent to an activating group) is 1. The van der Waals surface area contributed by atoms with E-state index in [1.54, 1.807) is 11.3 Å². The summed E-state index contributed by atoms with van der Waals surface area (Å²) in [6.07, 6.45) is 0.877. The van der Waals surface area contributed by atoms with Crippen LogP contribution in [0.2, 0.25) is 0 Å². The number of nitrogen functional groups attached to an aromatic ring is 1. The molecule has 2 aromatic rings. The first-order valence-corrected chi connectivity index (χ1v) is 8.44. The number of hydrogen-bond donors (Lipinski definition) is 2. The van der Waals surface area contributed by atoms with Crippen LogP contribution in [0.3, 0.4) is 0 Å². The second-order valence-electron chi connectivity index (χ2n) is 4.47. The smallest absolute Gasteiger partial charge is 0.0492 e. The lowest BCUT2D eigenvalue weighted by molar-refractivity contribution is 0.600. The van der Waals surface area contributed by atoms with Crippen LogP contribution < -0.4 is 11.1 Å². The van der Waals surface area contributed by atoms with Crippen LogP contribution in [0.15, 0.2) is 32.5 Å². The Labute approximate surface area is 159 Å². The molecule has 0 fully saturated rings. The van der Waals surface area contributed by atoms with Crippen molar-refractivity contribution in [1.29, 1.82) is 0 Å². The fourth-order valence-corrected chi connectivity index (χ4v) is 4.45. The minimum absolute atomic E-state index is 0. The van der Waals surface area contributed by atoms with Crippen molar-refractivity contribution in [3.8, 4) is 0 Å². The highest BCUT2D eigenvalue weighted by Gasteiger charge is 2.16. The van der Waals surface area contributed by atoms with Gasteiger partial charge in [-0.05, 0) is 71.0 Å². The lowest BCUT2D eigenvalue weighted by Gasteiger charge is -2.18. The number of halogens is 4. The molecule has 0 aliphatic carbocycles. The monoisotopic (exact) mass is 474 g/mol. The van der Waals surface area contributed by atoms with Crippen LogP contribution >= 0.6 is 68.0 Å². The second-order valence-corrected chi connectivity index (χ2v) is 7.19. The van der Waals surface area contributed by atoms with E-state index in [4.69, 9.17) is 5.73 Å². The van der Waals surface area contributed by atoms with Crippen molar-refractivity contribution in [2.75, 3.05) is 12.8 Å². The fraction of sp³-hybridized carbons (Fsp3) is 0.286. The maximum atomic E-state index is 6.15. The van der Waals surface area contributed by atoms with E-state index in [-0.39, 0.29) is 24.8 Å². The van der Waals surface area contributed by atoms with Crippen LogP contribution in [0.5, 0.6) is 0 Å². The molecule has 1 aromatic heterocycles. The van der Waals surface area contributed by atoms with E-state index in [0.717, 1.165) is 26.6 Å². The van der Waals surface area contributed by atoms with E-state index < -0.39 is 0 Å². The fourth-order valence-electron chi connectivity index (χ4n) is 2.09. The molecule has 118 valence electrons. The van der Waals surface area contributed by atoms with Crippen LogP contribution in [-0.2, 0) is 6.42 Å². The van der Waals surface area contributed by atoms with E-state index in [2.05, 4.69) is 61.6 Å². The van der Waals surface area contributed by atoms with Gasteiger partial charge < -0.3 is 11.1 Å². The van der Waals surface area contributed by atoms with Crippen LogP contribution in [0, 0.1) is 6.92 Å². The molecule has 1 atom stereocenters. The third-order valence-electron chi connectivity index (χ3n) is 3.17. The summed E-state index contributed by atoms with van der Waals surface area (Å²) in [5.74, 6) is 0. The molecule has 2 rings (SSSR count). The Bertz CT molecular complexity index is 590. The van der Waals surface area contributed by atoms with E-state index in [1.807, 2.05) is 13.1 Å². The Morgan fingerprint density at radius 3 is 2.48 bits per heavy atom. The number of thiophene rings is 1. The Hall–Kier alpha value is 0.220. The number of nitrogens with one attached hydrogen (secondary N) is 1. The average Bonchev–Trinajstić information content (AvgIpc) is 2.78. The zero-order valence-electron chi connectivity index (χ0n) is 11.7. The molecule has 1 heterocycles. The van der Waals surface area contributed by atoms with E-state index in [9.17, 15) is 0 Å². The van der Waals surface area contributed by atoms with Gasteiger partial charge in [0.15, 0.2) is 0 Å². The Balaban J connectivity index is 0.00000200. The topological polar surface area (TPSA) is 38.0 Å². The summed E-state index contributed by atoms with van der Waals surface area (Å²) in [6, 6.07) is 6.52. The summed E-state index contributed by atoms with van der Waals surface area (Å²) in [5.41, 5.74) is 9.45. The maximum Gasteiger partial charge on any atom is 0.0492 e. The third-order valence-corrected chi connectivity index (χ3v) is 5.42. The van der Waals surface area contributed by atoms with Crippen molar-refractivity contribution in [1.82, 2.24) is 5.32 Å². The number of hydrogen-bond acceptors (Lipinski definition) is 3. The number of aryl methyl sites for hydroxylation is 1. The van der Waals surface area contributed by atoms with Gasteiger partial charge in [-0.3, -0.25) is 0 Å². The predicted molar refractivity (Wildman–Crippen MR) is 105 cm³/mol. The van der Waals surface area contributed by atoms with E-state index in [1.165, 1.54) is 10.4 Å². The molecule has 0 saturated carbocycles. The lowest BCUT2D eigenvalue weighted by Crippen LogP contribution is -2.19. The average molecular weight is 477 g/mol. The highest BCUT2D eigenvalue weighted by molar-refractivity contribution is 9.11. The van der Waals surface area contributed by atoms with Crippen molar-refractivity contribution < 1.29 is 0 Å². The molecular weight excluding hydrogens is 459 g/mol. The van der Waals surface area contributed by atoms with Gasteiger partial charge in [-0.1, -0.05) is 15.9 Å². The quantitative estimate of drug-likeness (QED) is 0.571. The molecule has 0 radical (unpaired) electrons. The molecule has 0 saturated heterocycles. The molecule has 0 spiro atoms. The van der Waals surface area contributed by atoms with Crippen molar-refractivity contribution in [2.45, 2.75) is 19.4 Å². The summed E-state index contributed by atoms with van der Waals surface area (Å²) in [6.45, 7) is 2.15. The molecule has 21 heavy (non-hydrogen) atoms. The number of benzene rings is 1. The summed E-state index contributed by atoms with van der Waals surface area (Å²) in [4.78, 5) is 1.37. The summed E-state index contributed by atoms with van der Waals surface area (Å²) >= 11 is 8.81. The third kappa shape index (κ3) is 5.12. The van der Waals surface area contributed by atoms with Gasteiger partial charge >= 0.3 is 0 Å². The Kier molecular flexibility index (Phi) is 9.48. The van der Waals surface area contributed by atoms with Crippen molar-refractivity contribution >= 4 is 73.7 Å². The van der Waals surface area contributed by atoms with E-state index in [0.29, 0.717) is 6.04 Å². The van der Waals surface area contributed by atoms with Crippen molar-refractivity contribution in [2.24, 2.45) is 0 Å². The number of rotatable bonds is 4. The molecule has 0 aliphatic rings. The van der Waals surface area contributed by atoms with Crippen molar-refractivity contribution in [3.63, 3.8) is 0 Å². The number of anilines is 1. The molecule has 0 aliphatic heterocycles. The summed E-state index contributed by atoms with van der Waals surface area (Å²) in [5, 5.41) is 5.52. The molecule has 7 heteroatoms. The van der Waals surface area contributed by atoms with Crippen molar-refractivity contribution in [3.05, 3.63) is 48.5 Å². The lowest BCUT2D eigenvalue weighted by atomic mass is 10.0. The summed E-state index contributed by atoms with van der Waals surface area (Å²) < 4.78 is 1.98. The van der Waals surface area contributed by atoms with Gasteiger partial charge in [0.1, 0.15) is 0 Å². The van der Waals surface area contributed by atoms with Crippen LogP contribution in [0.25, 0.3) is 0 Å². The van der Waals surface area contributed by atoms with Gasteiger partial charge in [-0.2, -0.15) is 0 Å².